The van der Waals surface area contributed by atoms with Crippen LogP contribution in [0, 0.1) is 17.2 Å². The van der Waals surface area contributed by atoms with E-state index in [9.17, 15) is 9.59 Å². The smallest absolute Gasteiger partial charge is 0.303 e. The van der Waals surface area contributed by atoms with Crippen molar-refractivity contribution in [1.29, 1.82) is 5.26 Å². The minimum atomic E-state index is -0.917. The number of carboxylic acids is 1. The van der Waals surface area contributed by atoms with Crippen molar-refractivity contribution >= 4 is 28.2 Å². The molecule has 0 saturated heterocycles. The number of rotatable bonds is 5. The molecule has 0 radical (unpaired) electrons. The standard InChI is InChI=1S/C11H12N2O3S/c1-7(5-10(15)16)4-9(14)13-11-8(6-12)2-3-17-11/h2-3,7H,4-5H2,1H3,(H,13,14)(H,15,16). The second-order valence-electron chi connectivity index (χ2n) is 3.73. The van der Waals surface area contributed by atoms with E-state index in [1.54, 1.807) is 18.4 Å². The fourth-order valence-corrected chi connectivity index (χ4v) is 2.11. The van der Waals surface area contributed by atoms with Crippen LogP contribution in [0.4, 0.5) is 5.00 Å². The summed E-state index contributed by atoms with van der Waals surface area (Å²) in [6.45, 7) is 1.70. The zero-order valence-corrected chi connectivity index (χ0v) is 10.1. The third-order valence-electron chi connectivity index (χ3n) is 2.10. The van der Waals surface area contributed by atoms with Gasteiger partial charge in [0.05, 0.1) is 5.56 Å². The van der Waals surface area contributed by atoms with E-state index < -0.39 is 5.97 Å². The predicted octanol–water partition coefficient (Wildman–Crippen LogP) is 2.06. The highest BCUT2D eigenvalue weighted by Crippen LogP contribution is 2.22. The summed E-state index contributed by atoms with van der Waals surface area (Å²) in [6.07, 6.45) is 0.0953. The van der Waals surface area contributed by atoms with Gasteiger partial charge < -0.3 is 10.4 Å². The molecule has 1 amide bonds. The monoisotopic (exact) mass is 252 g/mol. The summed E-state index contributed by atoms with van der Waals surface area (Å²) in [6, 6.07) is 3.59. The third-order valence-corrected chi connectivity index (χ3v) is 2.93. The second-order valence-corrected chi connectivity index (χ2v) is 4.65. The molecule has 1 atom stereocenters. The number of carbonyl (C=O) groups excluding carboxylic acids is 1. The van der Waals surface area contributed by atoms with Gasteiger partial charge >= 0.3 is 5.97 Å². The molecule has 0 spiro atoms. The van der Waals surface area contributed by atoms with E-state index >= 15 is 0 Å². The van der Waals surface area contributed by atoms with Gasteiger partial charge in [0.1, 0.15) is 11.1 Å². The number of amides is 1. The lowest BCUT2D eigenvalue weighted by Crippen LogP contribution is -2.16. The molecular weight excluding hydrogens is 240 g/mol. The van der Waals surface area contributed by atoms with Crippen LogP contribution in [-0.2, 0) is 9.59 Å². The molecule has 0 aliphatic carbocycles. The Morgan fingerprint density at radius 2 is 2.29 bits per heavy atom. The Kier molecular flexibility index (Phi) is 4.67. The summed E-state index contributed by atoms with van der Waals surface area (Å²) in [5.41, 5.74) is 0.425. The van der Waals surface area contributed by atoms with Crippen molar-refractivity contribution < 1.29 is 14.7 Å². The van der Waals surface area contributed by atoms with Gasteiger partial charge in [0.15, 0.2) is 0 Å². The summed E-state index contributed by atoms with van der Waals surface area (Å²) >= 11 is 1.27. The molecule has 17 heavy (non-hydrogen) atoms. The highest BCUT2D eigenvalue weighted by Gasteiger charge is 2.14. The molecule has 90 valence electrons. The van der Waals surface area contributed by atoms with Crippen molar-refractivity contribution in [3.05, 3.63) is 17.0 Å². The normalized spacial score (nSPS) is 11.5. The Bertz CT molecular complexity index is 462. The first kappa shape index (κ1) is 13.2. The average molecular weight is 252 g/mol. The van der Waals surface area contributed by atoms with Crippen LogP contribution < -0.4 is 5.32 Å². The molecule has 0 aliphatic heterocycles. The number of nitrogens with zero attached hydrogens (tertiary/aromatic N) is 1. The maximum absolute atomic E-state index is 11.6. The fraction of sp³-hybridized carbons (Fsp3) is 0.364. The van der Waals surface area contributed by atoms with Gasteiger partial charge in [0, 0.05) is 12.8 Å². The third kappa shape index (κ3) is 4.25. The predicted molar refractivity (Wildman–Crippen MR) is 63.7 cm³/mol. The highest BCUT2D eigenvalue weighted by atomic mass is 32.1. The maximum atomic E-state index is 11.6. The van der Waals surface area contributed by atoms with Gasteiger partial charge in [-0.2, -0.15) is 5.26 Å². The van der Waals surface area contributed by atoms with E-state index in [0.717, 1.165) is 0 Å². The molecule has 1 aromatic rings. The SMILES string of the molecule is CC(CC(=O)O)CC(=O)Nc1sccc1C#N. The molecule has 1 unspecified atom stereocenters. The van der Waals surface area contributed by atoms with Crippen LogP contribution >= 0.6 is 11.3 Å². The van der Waals surface area contributed by atoms with Gasteiger partial charge in [-0.05, 0) is 17.4 Å². The zero-order valence-electron chi connectivity index (χ0n) is 9.27. The maximum Gasteiger partial charge on any atom is 0.303 e. The van der Waals surface area contributed by atoms with Crippen LogP contribution in [-0.4, -0.2) is 17.0 Å². The molecule has 2 N–H and O–H groups in total. The van der Waals surface area contributed by atoms with Crippen LogP contribution in [0.25, 0.3) is 0 Å². The van der Waals surface area contributed by atoms with Crippen LogP contribution in [0.2, 0.25) is 0 Å². The van der Waals surface area contributed by atoms with Crippen molar-refractivity contribution in [2.45, 2.75) is 19.8 Å². The molecule has 1 aromatic heterocycles. The van der Waals surface area contributed by atoms with Crippen molar-refractivity contribution in [3.8, 4) is 6.07 Å². The van der Waals surface area contributed by atoms with E-state index in [1.807, 2.05) is 6.07 Å². The van der Waals surface area contributed by atoms with E-state index in [4.69, 9.17) is 10.4 Å². The largest absolute Gasteiger partial charge is 0.481 e. The van der Waals surface area contributed by atoms with E-state index in [-0.39, 0.29) is 24.7 Å². The van der Waals surface area contributed by atoms with E-state index in [1.165, 1.54) is 11.3 Å². The number of hydrogen-bond acceptors (Lipinski definition) is 4. The van der Waals surface area contributed by atoms with Crippen LogP contribution in [0.15, 0.2) is 11.4 Å². The molecule has 6 heteroatoms. The Morgan fingerprint density at radius 1 is 1.59 bits per heavy atom. The lowest BCUT2D eigenvalue weighted by Gasteiger charge is -2.08. The quantitative estimate of drug-likeness (QED) is 0.839. The second kappa shape index (κ2) is 6.01. The summed E-state index contributed by atoms with van der Waals surface area (Å²) < 4.78 is 0. The van der Waals surface area contributed by atoms with Gasteiger partial charge in [-0.25, -0.2) is 0 Å². The summed E-state index contributed by atoms with van der Waals surface area (Å²) in [5.74, 6) is -1.41. The Morgan fingerprint density at radius 3 is 2.88 bits per heavy atom. The van der Waals surface area contributed by atoms with Gasteiger partial charge in [0.2, 0.25) is 5.91 Å². The molecule has 0 aromatic carbocycles. The molecule has 5 nitrogen and oxygen atoms in total. The molecule has 1 rings (SSSR count). The first-order chi connectivity index (χ1) is 8.02. The molecule has 0 bridgehead atoms. The van der Waals surface area contributed by atoms with Crippen molar-refractivity contribution in [2.75, 3.05) is 5.32 Å². The Hall–Kier alpha value is -1.87. The number of nitriles is 1. The molecule has 0 saturated carbocycles. The average Bonchev–Trinajstić information content (AvgIpc) is 2.63. The van der Waals surface area contributed by atoms with E-state index in [2.05, 4.69) is 5.32 Å². The number of aliphatic carboxylic acids is 1. The summed E-state index contributed by atoms with van der Waals surface area (Å²) in [4.78, 5) is 22.0. The van der Waals surface area contributed by atoms with E-state index in [0.29, 0.717) is 10.6 Å². The zero-order chi connectivity index (χ0) is 12.8. The summed E-state index contributed by atoms with van der Waals surface area (Å²) in [5, 5.41) is 22.2. The number of anilines is 1. The van der Waals surface area contributed by atoms with Crippen molar-refractivity contribution in [1.82, 2.24) is 0 Å². The van der Waals surface area contributed by atoms with Crippen LogP contribution in [0.3, 0.4) is 0 Å². The number of hydrogen-bond donors (Lipinski definition) is 2. The minimum Gasteiger partial charge on any atom is -0.481 e. The topological polar surface area (TPSA) is 90.2 Å². The van der Waals surface area contributed by atoms with Crippen LogP contribution in [0.5, 0.6) is 0 Å². The lowest BCUT2D eigenvalue weighted by atomic mass is 10.0. The van der Waals surface area contributed by atoms with Crippen LogP contribution in [0.1, 0.15) is 25.3 Å². The molecule has 0 fully saturated rings. The first-order valence-corrected chi connectivity index (χ1v) is 5.90. The van der Waals surface area contributed by atoms with Gasteiger partial charge in [-0.3, -0.25) is 9.59 Å². The van der Waals surface area contributed by atoms with Gasteiger partial charge in [-0.15, -0.1) is 11.3 Å². The van der Waals surface area contributed by atoms with Gasteiger partial charge in [-0.1, -0.05) is 6.92 Å². The lowest BCUT2D eigenvalue weighted by molar-refractivity contribution is -0.138. The number of carbonyl (C=O) groups is 2. The first-order valence-electron chi connectivity index (χ1n) is 5.02. The molecule has 0 aliphatic rings. The fourth-order valence-electron chi connectivity index (χ4n) is 1.36. The summed E-state index contributed by atoms with van der Waals surface area (Å²) in [7, 11) is 0. The molecule has 1 heterocycles. The van der Waals surface area contributed by atoms with Crippen molar-refractivity contribution in [3.63, 3.8) is 0 Å². The Balaban J connectivity index is 2.51. The number of thiophene rings is 1. The minimum absolute atomic E-state index is 0.0387. The highest BCUT2D eigenvalue weighted by molar-refractivity contribution is 7.14. The molecular formula is C11H12N2O3S. The van der Waals surface area contributed by atoms with Crippen molar-refractivity contribution in [2.24, 2.45) is 5.92 Å². The Labute approximate surface area is 103 Å². The number of carboxylic acid groups (broad SMARTS) is 1. The van der Waals surface area contributed by atoms with Gasteiger partial charge in [0.25, 0.3) is 0 Å². The number of nitrogens with one attached hydrogen (secondary N) is 1.